The van der Waals surface area contributed by atoms with Gasteiger partial charge in [-0.05, 0) is 50.6 Å². The lowest BCUT2D eigenvalue weighted by Crippen LogP contribution is -2.49. The van der Waals surface area contributed by atoms with E-state index in [9.17, 15) is 24.8 Å². The maximum Gasteiger partial charge on any atom is 0.339 e. The Labute approximate surface area is 271 Å². The van der Waals surface area contributed by atoms with E-state index < -0.39 is 29.7 Å². The smallest absolute Gasteiger partial charge is 0.339 e. The Morgan fingerprint density at radius 3 is 2.57 bits per heavy atom. The number of nitriles is 1. The number of Topliss-reactive ketones (excluding diaryl/α,β-unsaturated/α-hetero) is 1. The highest BCUT2D eigenvalue weighted by Crippen LogP contribution is 2.42. The van der Waals surface area contributed by atoms with E-state index in [0.717, 1.165) is 0 Å². The van der Waals surface area contributed by atoms with E-state index >= 15 is 4.39 Å². The van der Waals surface area contributed by atoms with E-state index in [0.29, 0.717) is 48.3 Å². The molecular formula is C34H24ClFN4O5S. The largest absolute Gasteiger partial charge is 0.491 e. The van der Waals surface area contributed by atoms with Crippen molar-refractivity contribution in [3.8, 4) is 22.9 Å². The second kappa shape index (κ2) is 12.0. The van der Waals surface area contributed by atoms with Crippen LogP contribution in [0.25, 0.3) is 26.9 Å². The first kappa shape index (κ1) is 30.8. The molecule has 3 heterocycles. The molecule has 2 aliphatic rings. The number of amides is 1. The van der Waals surface area contributed by atoms with Gasteiger partial charge >= 0.3 is 5.97 Å². The predicted molar refractivity (Wildman–Crippen MR) is 173 cm³/mol. The van der Waals surface area contributed by atoms with E-state index in [4.69, 9.17) is 16.3 Å². The molecule has 1 N–H and O–H groups in total. The van der Waals surface area contributed by atoms with E-state index in [1.54, 1.807) is 69.3 Å². The van der Waals surface area contributed by atoms with Crippen LogP contribution in [0, 0.1) is 25.2 Å². The summed E-state index contributed by atoms with van der Waals surface area (Å²) >= 11 is 7.70. The van der Waals surface area contributed by atoms with Crippen molar-refractivity contribution in [1.29, 1.82) is 5.26 Å². The van der Waals surface area contributed by atoms with Gasteiger partial charge in [0.15, 0.2) is 5.83 Å². The molecule has 6 rings (SSSR count). The molecule has 1 aliphatic heterocycles. The molecule has 46 heavy (non-hydrogen) atoms. The number of carboxylic acids is 1. The summed E-state index contributed by atoms with van der Waals surface area (Å²) in [6.45, 7) is 5.11. The Bertz CT molecular complexity index is 2130. The molecule has 230 valence electrons. The second-order valence-corrected chi connectivity index (χ2v) is 12.3. The van der Waals surface area contributed by atoms with Crippen LogP contribution in [0.5, 0.6) is 5.75 Å². The number of pyridine rings is 1. The van der Waals surface area contributed by atoms with Gasteiger partial charge < -0.3 is 14.7 Å². The summed E-state index contributed by atoms with van der Waals surface area (Å²) in [6, 6.07) is 17.0. The first-order valence-electron chi connectivity index (χ1n) is 14.1. The summed E-state index contributed by atoms with van der Waals surface area (Å²) in [6.07, 6.45) is -0.833. The number of carbonyl (C=O) groups excluding carboxylic acids is 2. The van der Waals surface area contributed by atoms with Crippen LogP contribution in [-0.4, -0.2) is 57.7 Å². The zero-order valence-electron chi connectivity index (χ0n) is 24.7. The van der Waals surface area contributed by atoms with Gasteiger partial charge in [0, 0.05) is 32.3 Å². The number of halogens is 2. The molecule has 4 aromatic rings. The number of ketones is 1. The number of hydrogen-bond acceptors (Lipinski definition) is 8. The van der Waals surface area contributed by atoms with Gasteiger partial charge in [-0.2, -0.15) is 5.26 Å². The highest BCUT2D eigenvalue weighted by molar-refractivity contribution is 7.20. The van der Waals surface area contributed by atoms with Crippen molar-refractivity contribution in [2.75, 3.05) is 13.2 Å². The van der Waals surface area contributed by atoms with E-state index in [-0.39, 0.29) is 41.1 Å². The molecule has 1 aliphatic carbocycles. The van der Waals surface area contributed by atoms with Crippen molar-refractivity contribution >= 4 is 62.1 Å². The highest BCUT2D eigenvalue weighted by Gasteiger charge is 2.43. The summed E-state index contributed by atoms with van der Waals surface area (Å²) < 4.78 is 22.2. The maximum atomic E-state index is 15.3. The monoisotopic (exact) mass is 654 g/mol. The molecule has 1 unspecified atom stereocenters. The fourth-order valence-electron chi connectivity index (χ4n) is 5.71. The van der Waals surface area contributed by atoms with Gasteiger partial charge in [0.1, 0.15) is 30.3 Å². The van der Waals surface area contributed by atoms with Gasteiger partial charge in [-0.3, -0.25) is 19.6 Å². The fourth-order valence-corrected chi connectivity index (χ4v) is 7.00. The number of aliphatic imine (C=N–C) groups is 1. The van der Waals surface area contributed by atoms with Crippen LogP contribution in [0.3, 0.4) is 0 Å². The van der Waals surface area contributed by atoms with Crippen LogP contribution in [0.4, 0.5) is 4.39 Å². The number of aromatic carboxylic acids is 1. The SMILES string of the molecule is Cc1cc(-c2cc(Cl)ccc2OCCN2C(=O)C3=C(C#N)C(c4ccccc4)=C(F)C(=O)C3=NC2C)c2sc(C)c(C(=O)O)c2n1. The van der Waals surface area contributed by atoms with Crippen LogP contribution in [0.15, 0.2) is 76.6 Å². The first-order chi connectivity index (χ1) is 22.0. The van der Waals surface area contributed by atoms with Crippen molar-refractivity contribution < 1.29 is 28.6 Å². The van der Waals surface area contributed by atoms with Crippen molar-refractivity contribution in [2.24, 2.45) is 4.99 Å². The minimum atomic E-state index is -1.13. The minimum absolute atomic E-state index is 0.00846. The summed E-state index contributed by atoms with van der Waals surface area (Å²) in [5.74, 6) is -3.44. The molecule has 0 fully saturated rings. The third kappa shape index (κ3) is 5.15. The Balaban J connectivity index is 1.32. The third-order valence-electron chi connectivity index (χ3n) is 7.77. The molecule has 0 spiro atoms. The third-order valence-corrected chi connectivity index (χ3v) is 9.13. The molecule has 0 radical (unpaired) electrons. The van der Waals surface area contributed by atoms with Gasteiger partial charge in [0.2, 0.25) is 5.78 Å². The number of carboxylic acid groups (broad SMARTS) is 1. The lowest BCUT2D eigenvalue weighted by atomic mass is 9.83. The number of benzene rings is 2. The van der Waals surface area contributed by atoms with Crippen LogP contribution in [-0.2, 0) is 9.59 Å². The molecule has 2 aromatic heterocycles. The van der Waals surface area contributed by atoms with Crippen molar-refractivity contribution in [2.45, 2.75) is 26.9 Å². The molecule has 2 aromatic carbocycles. The lowest BCUT2D eigenvalue weighted by Gasteiger charge is -2.34. The number of fused-ring (bicyclic) bond motifs is 2. The molecule has 0 bridgehead atoms. The highest BCUT2D eigenvalue weighted by atomic mass is 35.5. The van der Waals surface area contributed by atoms with E-state index in [2.05, 4.69) is 9.98 Å². The molecule has 0 saturated carbocycles. The average Bonchev–Trinajstić information content (AvgIpc) is 3.36. The summed E-state index contributed by atoms with van der Waals surface area (Å²) in [7, 11) is 0. The summed E-state index contributed by atoms with van der Waals surface area (Å²) in [5.41, 5.74) is 1.63. The number of allylic oxidation sites excluding steroid dienone is 3. The molecule has 0 saturated heterocycles. The standard InChI is InChI=1S/C34H24ClFN4O5S/c1-16-13-22(32-30(38-16)25(34(43)44)17(2)46-32)21-14-20(35)9-10-24(21)45-12-11-40-18(3)39-29-27(33(40)42)23(15-37)26(28(36)31(29)41)19-7-5-4-6-8-19/h4-10,13-14,18H,11-12H2,1-3H3,(H,43,44). The summed E-state index contributed by atoms with van der Waals surface area (Å²) in [5, 5.41) is 20.3. The van der Waals surface area contributed by atoms with Crippen molar-refractivity contribution in [3.63, 3.8) is 0 Å². The van der Waals surface area contributed by atoms with Gasteiger partial charge in [-0.1, -0.05) is 41.9 Å². The van der Waals surface area contributed by atoms with Gasteiger partial charge in [-0.15, -0.1) is 11.3 Å². The molecular weight excluding hydrogens is 631 g/mol. The number of ether oxygens (including phenoxy) is 1. The van der Waals surface area contributed by atoms with Crippen LogP contribution >= 0.6 is 22.9 Å². The number of thiophene rings is 1. The van der Waals surface area contributed by atoms with Crippen LogP contribution in [0.2, 0.25) is 5.02 Å². The number of aromatic nitrogens is 1. The molecule has 12 heteroatoms. The fraction of sp³-hybridized carbons (Fsp3) is 0.176. The van der Waals surface area contributed by atoms with E-state index in [1.165, 1.54) is 16.2 Å². The minimum Gasteiger partial charge on any atom is -0.491 e. The molecule has 1 atom stereocenters. The Morgan fingerprint density at radius 2 is 1.87 bits per heavy atom. The van der Waals surface area contributed by atoms with Crippen LogP contribution < -0.4 is 4.74 Å². The van der Waals surface area contributed by atoms with Crippen molar-refractivity contribution in [1.82, 2.24) is 9.88 Å². The lowest BCUT2D eigenvalue weighted by molar-refractivity contribution is -0.129. The van der Waals surface area contributed by atoms with Crippen molar-refractivity contribution in [3.05, 3.63) is 98.3 Å². The van der Waals surface area contributed by atoms with Crippen LogP contribution in [0.1, 0.15) is 33.4 Å². The van der Waals surface area contributed by atoms with E-state index in [1.807, 2.05) is 12.1 Å². The zero-order valence-corrected chi connectivity index (χ0v) is 26.3. The maximum absolute atomic E-state index is 15.3. The number of nitrogens with zero attached hydrogens (tertiary/aromatic N) is 4. The van der Waals surface area contributed by atoms with Gasteiger partial charge in [0.05, 0.1) is 33.5 Å². The van der Waals surface area contributed by atoms with Gasteiger partial charge in [0.25, 0.3) is 5.91 Å². The average molecular weight is 655 g/mol. The molecule has 9 nitrogen and oxygen atoms in total. The summed E-state index contributed by atoms with van der Waals surface area (Å²) in [4.78, 5) is 49.7. The Hall–Kier alpha value is -5.18. The molecule has 1 amide bonds. The normalized spacial score (nSPS) is 16.5. The number of carbonyl (C=O) groups is 3. The zero-order chi connectivity index (χ0) is 32.9. The number of hydrogen-bond donors (Lipinski definition) is 1. The Morgan fingerprint density at radius 1 is 1.13 bits per heavy atom. The Kier molecular flexibility index (Phi) is 8.02. The quantitative estimate of drug-likeness (QED) is 0.219. The predicted octanol–water partition coefficient (Wildman–Crippen LogP) is 6.72. The topological polar surface area (TPSA) is 133 Å². The second-order valence-electron chi connectivity index (χ2n) is 10.7. The van der Waals surface area contributed by atoms with Gasteiger partial charge in [-0.25, -0.2) is 9.18 Å². The number of aryl methyl sites for hydroxylation is 2. The first-order valence-corrected chi connectivity index (χ1v) is 15.3. The number of rotatable bonds is 7.